The van der Waals surface area contributed by atoms with Crippen LogP contribution in [-0.2, 0) is 16.1 Å². The van der Waals surface area contributed by atoms with Gasteiger partial charge >= 0.3 is 6.03 Å². The highest BCUT2D eigenvalue weighted by Gasteiger charge is 2.36. The van der Waals surface area contributed by atoms with Crippen LogP contribution in [-0.4, -0.2) is 36.0 Å². The minimum Gasteiger partial charge on any atom is -0.490 e. The number of nitrogens with one attached hydrogen (secondary N) is 1. The van der Waals surface area contributed by atoms with Gasteiger partial charge in [-0.2, -0.15) is 0 Å². The van der Waals surface area contributed by atoms with Crippen molar-refractivity contribution in [2.75, 3.05) is 13.2 Å². The van der Waals surface area contributed by atoms with Gasteiger partial charge in [-0.1, -0.05) is 17.5 Å². The van der Waals surface area contributed by atoms with Crippen molar-refractivity contribution in [3.63, 3.8) is 0 Å². The number of imide groups is 2. The minimum atomic E-state index is -0.829. The van der Waals surface area contributed by atoms with Gasteiger partial charge in [-0.15, -0.1) is 6.42 Å². The average molecular weight is 429 g/mol. The van der Waals surface area contributed by atoms with Crippen LogP contribution in [0.4, 0.5) is 4.79 Å². The highest BCUT2D eigenvalue weighted by atomic mass is 35.5. The van der Waals surface area contributed by atoms with Crippen LogP contribution in [0.15, 0.2) is 40.5 Å². The second-order valence-corrected chi connectivity index (χ2v) is 6.45. The molecule has 2 aromatic rings. The van der Waals surface area contributed by atoms with E-state index in [1.807, 2.05) is 0 Å². The first-order valence-electron chi connectivity index (χ1n) is 8.88. The fourth-order valence-corrected chi connectivity index (χ4v) is 3.02. The van der Waals surface area contributed by atoms with Crippen LogP contribution >= 0.6 is 11.6 Å². The van der Waals surface area contributed by atoms with Gasteiger partial charge in [0.15, 0.2) is 11.5 Å². The molecule has 1 aromatic heterocycles. The summed E-state index contributed by atoms with van der Waals surface area (Å²) in [5.74, 6) is 1.72. The number of hydrogen-bond acceptors (Lipinski definition) is 6. The molecule has 4 amide bonds. The topological polar surface area (TPSA) is 98.1 Å². The van der Waals surface area contributed by atoms with Gasteiger partial charge in [-0.3, -0.25) is 19.8 Å². The predicted molar refractivity (Wildman–Crippen MR) is 108 cm³/mol. The Labute approximate surface area is 177 Å². The number of carbonyl (C=O) groups excluding carboxylic acids is 3. The van der Waals surface area contributed by atoms with E-state index in [9.17, 15) is 14.4 Å². The molecular formula is C21H17ClN2O6. The van der Waals surface area contributed by atoms with Crippen molar-refractivity contribution in [1.82, 2.24) is 10.2 Å². The summed E-state index contributed by atoms with van der Waals surface area (Å²) >= 11 is 6.28. The van der Waals surface area contributed by atoms with Crippen molar-refractivity contribution in [3.05, 3.63) is 52.4 Å². The number of benzene rings is 1. The van der Waals surface area contributed by atoms with Crippen LogP contribution in [0.25, 0.3) is 6.08 Å². The Balaban J connectivity index is 1.95. The van der Waals surface area contributed by atoms with Gasteiger partial charge in [0, 0.05) is 0 Å². The minimum absolute atomic E-state index is 0.00896. The zero-order valence-corrected chi connectivity index (χ0v) is 16.7. The number of nitrogens with zero attached hydrogens (tertiary/aromatic N) is 1. The van der Waals surface area contributed by atoms with Crippen LogP contribution in [0.5, 0.6) is 11.5 Å². The maximum atomic E-state index is 12.8. The van der Waals surface area contributed by atoms with E-state index in [1.54, 1.807) is 25.1 Å². The van der Waals surface area contributed by atoms with Gasteiger partial charge in [-0.05, 0) is 42.8 Å². The number of amides is 4. The molecule has 1 aliphatic heterocycles. The Kier molecular flexibility index (Phi) is 6.45. The lowest BCUT2D eigenvalue weighted by Gasteiger charge is -2.25. The third-order valence-corrected chi connectivity index (χ3v) is 4.30. The number of carbonyl (C=O) groups is 3. The van der Waals surface area contributed by atoms with Crippen molar-refractivity contribution in [1.29, 1.82) is 0 Å². The molecule has 0 aliphatic carbocycles. The molecule has 0 bridgehead atoms. The summed E-state index contributed by atoms with van der Waals surface area (Å²) in [4.78, 5) is 38.1. The van der Waals surface area contributed by atoms with E-state index in [4.69, 9.17) is 31.9 Å². The summed E-state index contributed by atoms with van der Waals surface area (Å²) < 4.78 is 16.1. The van der Waals surface area contributed by atoms with Crippen LogP contribution in [0.2, 0.25) is 5.02 Å². The van der Waals surface area contributed by atoms with Crippen molar-refractivity contribution >= 4 is 35.5 Å². The van der Waals surface area contributed by atoms with Crippen LogP contribution in [0.1, 0.15) is 18.2 Å². The molecule has 9 heteroatoms. The number of rotatable bonds is 7. The molecule has 1 aromatic carbocycles. The number of terminal acetylenes is 1. The van der Waals surface area contributed by atoms with Crippen molar-refractivity contribution < 1.29 is 28.3 Å². The lowest BCUT2D eigenvalue weighted by Crippen LogP contribution is -2.53. The van der Waals surface area contributed by atoms with E-state index in [2.05, 4.69) is 11.2 Å². The molecular weight excluding hydrogens is 412 g/mol. The fraction of sp³-hybridized carbons (Fsp3) is 0.190. The average Bonchev–Trinajstić information content (AvgIpc) is 3.21. The number of urea groups is 1. The quantitative estimate of drug-likeness (QED) is 0.413. The third kappa shape index (κ3) is 4.47. The first-order chi connectivity index (χ1) is 14.4. The Morgan fingerprint density at radius 3 is 2.77 bits per heavy atom. The SMILES string of the molecule is C#CCOc1c(Cl)cc(/C=C2\C(=O)NC(=O)N(Cc3ccco3)C2=O)cc1OCC. The monoisotopic (exact) mass is 428 g/mol. The molecule has 1 aliphatic rings. The third-order valence-electron chi connectivity index (χ3n) is 4.02. The maximum absolute atomic E-state index is 12.8. The first kappa shape index (κ1) is 21.0. The first-order valence-corrected chi connectivity index (χ1v) is 9.26. The lowest BCUT2D eigenvalue weighted by atomic mass is 10.1. The van der Waals surface area contributed by atoms with E-state index in [0.29, 0.717) is 23.7 Å². The van der Waals surface area contributed by atoms with E-state index in [0.717, 1.165) is 4.90 Å². The van der Waals surface area contributed by atoms with Crippen molar-refractivity contribution in [2.45, 2.75) is 13.5 Å². The Morgan fingerprint density at radius 1 is 1.30 bits per heavy atom. The molecule has 1 fully saturated rings. The van der Waals surface area contributed by atoms with Gasteiger partial charge in [0.1, 0.15) is 17.9 Å². The lowest BCUT2D eigenvalue weighted by molar-refractivity contribution is -0.130. The zero-order valence-electron chi connectivity index (χ0n) is 15.9. The summed E-state index contributed by atoms with van der Waals surface area (Å²) in [6.07, 6.45) is 7.96. The highest BCUT2D eigenvalue weighted by Crippen LogP contribution is 2.37. The molecule has 154 valence electrons. The number of halogens is 1. The fourth-order valence-electron chi connectivity index (χ4n) is 2.75. The summed E-state index contributed by atoms with van der Waals surface area (Å²) in [5.41, 5.74) is 0.166. The Hall–Kier alpha value is -3.70. The van der Waals surface area contributed by atoms with Crippen LogP contribution in [0.3, 0.4) is 0 Å². The largest absolute Gasteiger partial charge is 0.490 e. The molecule has 0 unspecified atom stereocenters. The second-order valence-electron chi connectivity index (χ2n) is 6.04. The van der Waals surface area contributed by atoms with E-state index in [1.165, 1.54) is 18.4 Å². The summed E-state index contributed by atoms with van der Waals surface area (Å²) in [6.45, 7) is 1.98. The molecule has 0 saturated carbocycles. The maximum Gasteiger partial charge on any atom is 0.331 e. The molecule has 0 atom stereocenters. The summed E-state index contributed by atoms with van der Waals surface area (Å²) in [6, 6.07) is 5.47. The van der Waals surface area contributed by atoms with E-state index in [-0.39, 0.29) is 29.5 Å². The van der Waals surface area contributed by atoms with Gasteiger partial charge in [0.25, 0.3) is 11.8 Å². The zero-order chi connectivity index (χ0) is 21.7. The molecule has 30 heavy (non-hydrogen) atoms. The molecule has 1 N–H and O–H groups in total. The standard InChI is InChI=1S/C21H17ClN2O6/c1-3-7-30-18-16(22)10-13(11-17(18)28-4-2)9-15-19(25)23-21(27)24(20(15)26)12-14-6-5-8-29-14/h1,5-6,8-11H,4,7,12H2,2H3,(H,23,25,27)/b15-9+. The van der Waals surface area contributed by atoms with Crippen LogP contribution < -0.4 is 14.8 Å². The van der Waals surface area contributed by atoms with Crippen molar-refractivity contribution in [2.24, 2.45) is 0 Å². The Morgan fingerprint density at radius 2 is 2.10 bits per heavy atom. The number of barbiturate groups is 1. The van der Waals surface area contributed by atoms with E-state index < -0.39 is 17.8 Å². The highest BCUT2D eigenvalue weighted by molar-refractivity contribution is 6.33. The number of furan rings is 1. The smallest absolute Gasteiger partial charge is 0.331 e. The van der Waals surface area contributed by atoms with Gasteiger partial charge in [0.05, 0.1) is 24.4 Å². The normalized spacial score (nSPS) is 15.2. The second kappa shape index (κ2) is 9.20. The molecule has 0 radical (unpaired) electrons. The summed E-state index contributed by atoms with van der Waals surface area (Å²) in [5, 5.41) is 2.33. The Bertz CT molecular complexity index is 1050. The molecule has 8 nitrogen and oxygen atoms in total. The molecule has 3 rings (SSSR count). The number of ether oxygens (including phenoxy) is 2. The van der Waals surface area contributed by atoms with E-state index >= 15 is 0 Å². The molecule has 0 spiro atoms. The van der Waals surface area contributed by atoms with Gasteiger partial charge < -0.3 is 13.9 Å². The predicted octanol–water partition coefficient (Wildman–Crippen LogP) is 3.01. The van der Waals surface area contributed by atoms with Gasteiger partial charge in [0.2, 0.25) is 0 Å². The number of hydrogen-bond donors (Lipinski definition) is 1. The van der Waals surface area contributed by atoms with Gasteiger partial charge in [-0.25, -0.2) is 4.79 Å². The molecule has 2 heterocycles. The van der Waals surface area contributed by atoms with Crippen LogP contribution in [0, 0.1) is 12.3 Å². The molecule has 1 saturated heterocycles. The summed E-state index contributed by atoms with van der Waals surface area (Å²) in [7, 11) is 0. The van der Waals surface area contributed by atoms with Crippen molar-refractivity contribution in [3.8, 4) is 23.8 Å².